The van der Waals surface area contributed by atoms with E-state index in [2.05, 4.69) is 6.07 Å². The van der Waals surface area contributed by atoms with Gasteiger partial charge in [0.1, 0.15) is 6.07 Å². The van der Waals surface area contributed by atoms with Gasteiger partial charge in [0.15, 0.2) is 11.5 Å². The van der Waals surface area contributed by atoms with Crippen LogP contribution in [0, 0.1) is 11.3 Å². The third-order valence-electron chi connectivity index (χ3n) is 1.82. The number of benzene rings is 1. The molecule has 0 aromatic heterocycles. The second-order valence-corrected chi connectivity index (χ2v) is 3.31. The second-order valence-electron chi connectivity index (χ2n) is 2.49. The first-order chi connectivity index (χ1) is 6.78. The molecule has 0 aliphatic carbocycles. The molecule has 0 aliphatic rings. The highest BCUT2D eigenvalue weighted by atomic mass is 32.2. The van der Waals surface area contributed by atoms with Gasteiger partial charge in [-0.2, -0.15) is 5.26 Å². The molecule has 1 aromatic rings. The van der Waals surface area contributed by atoms with Crippen LogP contribution in [-0.4, -0.2) is 20.5 Å². The van der Waals surface area contributed by atoms with Gasteiger partial charge in [-0.3, -0.25) is 0 Å². The van der Waals surface area contributed by atoms with E-state index < -0.39 is 0 Å². The van der Waals surface area contributed by atoms with E-state index in [0.717, 1.165) is 4.90 Å². The molecule has 0 radical (unpaired) electrons. The molecule has 0 fully saturated rings. The average Bonchev–Trinajstić information content (AvgIpc) is 2.26. The summed E-state index contributed by atoms with van der Waals surface area (Å²) in [5.41, 5.74) is 0.607. The first kappa shape index (κ1) is 10.7. The zero-order valence-electron chi connectivity index (χ0n) is 8.33. The Kier molecular flexibility index (Phi) is 3.66. The average molecular weight is 209 g/mol. The minimum Gasteiger partial charge on any atom is -0.493 e. The van der Waals surface area contributed by atoms with Crippen LogP contribution in [-0.2, 0) is 0 Å². The van der Waals surface area contributed by atoms with Crippen molar-refractivity contribution in [3.63, 3.8) is 0 Å². The molecule has 1 aromatic carbocycles. The first-order valence-corrected chi connectivity index (χ1v) is 5.20. The predicted octanol–water partition coefficient (Wildman–Crippen LogP) is 2.30. The molecule has 0 bridgehead atoms. The molecule has 0 saturated carbocycles. The quantitative estimate of drug-likeness (QED) is 0.716. The fourth-order valence-corrected chi connectivity index (χ4v) is 1.89. The highest BCUT2D eigenvalue weighted by Gasteiger charge is 2.13. The fraction of sp³-hybridized carbons (Fsp3) is 0.300. The molecule has 0 atom stereocenters. The van der Waals surface area contributed by atoms with Gasteiger partial charge in [0.05, 0.1) is 24.7 Å². The maximum atomic E-state index is 8.87. The van der Waals surface area contributed by atoms with Crippen LogP contribution in [0.25, 0.3) is 0 Å². The van der Waals surface area contributed by atoms with Gasteiger partial charge in [-0.1, -0.05) is 0 Å². The lowest BCUT2D eigenvalue weighted by atomic mass is 10.2. The monoisotopic (exact) mass is 209 g/mol. The van der Waals surface area contributed by atoms with Crippen LogP contribution in [0.4, 0.5) is 0 Å². The van der Waals surface area contributed by atoms with Crippen molar-refractivity contribution in [3.8, 4) is 17.6 Å². The second kappa shape index (κ2) is 4.77. The lowest BCUT2D eigenvalue weighted by molar-refractivity contribution is 0.348. The molecule has 0 heterocycles. The lowest BCUT2D eigenvalue weighted by Crippen LogP contribution is -1.94. The first-order valence-electron chi connectivity index (χ1n) is 3.97. The minimum atomic E-state index is 0.607. The van der Waals surface area contributed by atoms with Crippen LogP contribution in [0.1, 0.15) is 5.56 Å². The summed E-state index contributed by atoms with van der Waals surface area (Å²) in [4.78, 5) is 0.814. The Morgan fingerprint density at radius 2 is 2.00 bits per heavy atom. The van der Waals surface area contributed by atoms with Crippen molar-refractivity contribution in [1.82, 2.24) is 0 Å². The topological polar surface area (TPSA) is 42.2 Å². The van der Waals surface area contributed by atoms with Crippen molar-refractivity contribution in [2.45, 2.75) is 4.90 Å². The highest BCUT2D eigenvalue weighted by Crippen LogP contribution is 2.38. The summed E-state index contributed by atoms with van der Waals surface area (Å²) in [5.74, 6) is 1.27. The van der Waals surface area contributed by atoms with Crippen LogP contribution in [0.3, 0.4) is 0 Å². The zero-order valence-corrected chi connectivity index (χ0v) is 9.14. The third-order valence-corrected chi connectivity index (χ3v) is 2.64. The summed E-state index contributed by atoms with van der Waals surface area (Å²) >= 11 is 1.47. The maximum Gasteiger partial charge on any atom is 0.175 e. The van der Waals surface area contributed by atoms with Gasteiger partial charge in [0, 0.05) is 0 Å². The number of ether oxygens (including phenoxy) is 2. The summed E-state index contributed by atoms with van der Waals surface area (Å²) in [6, 6.07) is 5.58. The Balaban J connectivity index is 3.38. The molecule has 0 aliphatic heterocycles. The molecule has 4 heteroatoms. The Labute approximate surface area is 87.6 Å². The van der Waals surface area contributed by atoms with Crippen LogP contribution in [0.15, 0.2) is 17.0 Å². The third kappa shape index (κ3) is 1.78. The fourth-order valence-electron chi connectivity index (χ4n) is 1.19. The van der Waals surface area contributed by atoms with Gasteiger partial charge >= 0.3 is 0 Å². The van der Waals surface area contributed by atoms with Crippen molar-refractivity contribution in [1.29, 1.82) is 5.26 Å². The van der Waals surface area contributed by atoms with Gasteiger partial charge in [-0.25, -0.2) is 0 Å². The minimum absolute atomic E-state index is 0.607. The molecular weight excluding hydrogens is 198 g/mol. The highest BCUT2D eigenvalue weighted by molar-refractivity contribution is 7.98. The van der Waals surface area contributed by atoms with Gasteiger partial charge in [0.25, 0.3) is 0 Å². The van der Waals surface area contributed by atoms with Gasteiger partial charge in [-0.15, -0.1) is 11.8 Å². The van der Waals surface area contributed by atoms with Crippen molar-refractivity contribution in [3.05, 3.63) is 17.7 Å². The van der Waals surface area contributed by atoms with E-state index in [1.807, 2.05) is 6.26 Å². The van der Waals surface area contributed by atoms with E-state index >= 15 is 0 Å². The van der Waals surface area contributed by atoms with Gasteiger partial charge < -0.3 is 9.47 Å². The van der Waals surface area contributed by atoms with Crippen molar-refractivity contribution in [2.24, 2.45) is 0 Å². The molecule has 0 spiro atoms. The summed E-state index contributed by atoms with van der Waals surface area (Å²) < 4.78 is 10.3. The predicted molar refractivity (Wildman–Crippen MR) is 56.0 cm³/mol. The van der Waals surface area contributed by atoms with E-state index in [9.17, 15) is 0 Å². The summed E-state index contributed by atoms with van der Waals surface area (Å²) in [7, 11) is 3.15. The van der Waals surface area contributed by atoms with Crippen LogP contribution in [0.2, 0.25) is 0 Å². The van der Waals surface area contributed by atoms with Gasteiger partial charge in [-0.05, 0) is 18.4 Å². The molecule has 0 amide bonds. The standard InChI is InChI=1S/C10H11NO2S/c1-12-8-5-4-7(6-11)10(14-3)9(8)13-2/h4-5H,1-3H3. The largest absolute Gasteiger partial charge is 0.493 e. The smallest absolute Gasteiger partial charge is 0.175 e. The Bertz CT molecular complexity index is 371. The molecular formula is C10H11NO2S. The maximum absolute atomic E-state index is 8.87. The van der Waals surface area contributed by atoms with Crippen molar-refractivity contribution >= 4 is 11.8 Å². The van der Waals surface area contributed by atoms with E-state index in [1.165, 1.54) is 11.8 Å². The van der Waals surface area contributed by atoms with Crippen LogP contribution >= 0.6 is 11.8 Å². The number of methoxy groups -OCH3 is 2. The lowest BCUT2D eigenvalue weighted by Gasteiger charge is -2.11. The molecule has 0 saturated heterocycles. The summed E-state index contributed by atoms with van der Waals surface area (Å²) in [5, 5.41) is 8.87. The number of rotatable bonds is 3. The van der Waals surface area contributed by atoms with Gasteiger partial charge in [0.2, 0.25) is 0 Å². The van der Waals surface area contributed by atoms with Crippen LogP contribution in [0.5, 0.6) is 11.5 Å². The Morgan fingerprint density at radius 3 is 2.43 bits per heavy atom. The Hall–Kier alpha value is -1.34. The Morgan fingerprint density at radius 1 is 1.29 bits per heavy atom. The molecule has 0 unspecified atom stereocenters. The van der Waals surface area contributed by atoms with E-state index in [-0.39, 0.29) is 0 Å². The number of nitriles is 1. The molecule has 14 heavy (non-hydrogen) atoms. The van der Waals surface area contributed by atoms with E-state index in [1.54, 1.807) is 26.4 Å². The van der Waals surface area contributed by atoms with Crippen molar-refractivity contribution in [2.75, 3.05) is 20.5 Å². The molecule has 74 valence electrons. The van der Waals surface area contributed by atoms with Crippen LogP contribution < -0.4 is 9.47 Å². The number of nitrogens with zero attached hydrogens (tertiary/aromatic N) is 1. The summed E-state index contributed by atoms with van der Waals surface area (Å²) in [6.45, 7) is 0. The zero-order chi connectivity index (χ0) is 10.6. The molecule has 0 N–H and O–H groups in total. The number of hydrogen-bond acceptors (Lipinski definition) is 4. The molecule has 1 rings (SSSR count). The normalized spacial score (nSPS) is 9.29. The van der Waals surface area contributed by atoms with E-state index in [0.29, 0.717) is 17.1 Å². The SMILES string of the molecule is COc1ccc(C#N)c(SC)c1OC. The number of hydrogen-bond donors (Lipinski definition) is 0. The van der Waals surface area contributed by atoms with E-state index in [4.69, 9.17) is 14.7 Å². The van der Waals surface area contributed by atoms with Crippen molar-refractivity contribution < 1.29 is 9.47 Å². The summed E-state index contributed by atoms with van der Waals surface area (Å²) in [6.07, 6.45) is 1.90. The molecule has 3 nitrogen and oxygen atoms in total. The number of thioether (sulfide) groups is 1.